The molecule has 1 atom stereocenters. The maximum Gasteiger partial charge on any atom is 0.252 e. The molecule has 0 saturated carbocycles. The Bertz CT molecular complexity index is 589. The molecule has 0 spiro atoms. The van der Waals surface area contributed by atoms with E-state index < -0.39 is 5.91 Å². The third-order valence-corrected chi connectivity index (χ3v) is 5.73. The molecular weight excluding hydrogens is 312 g/mol. The summed E-state index contributed by atoms with van der Waals surface area (Å²) in [5, 5.41) is 0.137. The number of nitrogens with two attached hydrogens (primary N) is 1. The molecule has 3 rings (SSSR count). The molecule has 2 aliphatic rings. The van der Waals surface area contributed by atoms with Gasteiger partial charge in [0.1, 0.15) is 5.82 Å². The summed E-state index contributed by atoms with van der Waals surface area (Å²) in [7, 11) is 0. The molecule has 0 aliphatic carbocycles. The Kier molecular flexibility index (Phi) is 5.05. The summed E-state index contributed by atoms with van der Waals surface area (Å²) in [5.74, 6) is 1.52. The standard InChI is InChI=1S/C16H22N4O2S/c17-14(21)12-4-1-6-18-15(12)19-7-3-8-20(10-9-19)16(22)13-5-2-11-23-13/h1,4,6,13H,2-3,5,7-11H2,(H2,17,21). The van der Waals surface area contributed by atoms with Crippen LogP contribution in [0.15, 0.2) is 18.3 Å². The molecule has 0 radical (unpaired) electrons. The normalized spacial score (nSPS) is 22.0. The zero-order valence-electron chi connectivity index (χ0n) is 13.1. The van der Waals surface area contributed by atoms with Gasteiger partial charge in [-0.15, -0.1) is 11.8 Å². The molecule has 7 heteroatoms. The molecule has 23 heavy (non-hydrogen) atoms. The number of primary amides is 1. The van der Waals surface area contributed by atoms with Crippen LogP contribution >= 0.6 is 11.8 Å². The monoisotopic (exact) mass is 334 g/mol. The molecule has 2 fully saturated rings. The molecule has 2 aliphatic heterocycles. The number of pyridine rings is 1. The van der Waals surface area contributed by atoms with Crippen LogP contribution in [-0.4, -0.2) is 58.9 Å². The summed E-state index contributed by atoms with van der Waals surface area (Å²) in [6, 6.07) is 3.42. The number of thioether (sulfide) groups is 1. The van der Waals surface area contributed by atoms with Crippen LogP contribution in [-0.2, 0) is 4.79 Å². The average molecular weight is 334 g/mol. The maximum atomic E-state index is 12.6. The summed E-state index contributed by atoms with van der Waals surface area (Å²) in [4.78, 5) is 32.5. The number of hydrogen-bond acceptors (Lipinski definition) is 5. The van der Waals surface area contributed by atoms with Gasteiger partial charge in [0.2, 0.25) is 5.91 Å². The van der Waals surface area contributed by atoms with E-state index in [2.05, 4.69) is 9.88 Å². The molecule has 2 amide bonds. The van der Waals surface area contributed by atoms with Gasteiger partial charge in [0.25, 0.3) is 5.91 Å². The Morgan fingerprint density at radius 2 is 2.09 bits per heavy atom. The van der Waals surface area contributed by atoms with Crippen LogP contribution in [0.5, 0.6) is 0 Å². The highest BCUT2D eigenvalue weighted by molar-refractivity contribution is 8.00. The fraction of sp³-hybridized carbons (Fsp3) is 0.562. The molecular formula is C16H22N4O2S. The van der Waals surface area contributed by atoms with Crippen LogP contribution in [0.4, 0.5) is 5.82 Å². The summed E-state index contributed by atoms with van der Waals surface area (Å²) in [6.45, 7) is 2.90. The number of rotatable bonds is 3. The predicted octanol–water partition coefficient (Wildman–Crippen LogP) is 1.11. The van der Waals surface area contributed by atoms with Crippen LogP contribution < -0.4 is 10.6 Å². The summed E-state index contributed by atoms with van der Waals surface area (Å²) in [5.41, 5.74) is 5.89. The number of carbonyl (C=O) groups excluding carboxylic acids is 2. The van der Waals surface area contributed by atoms with Crippen LogP contribution in [0.2, 0.25) is 0 Å². The Hall–Kier alpha value is -1.76. The molecule has 0 bridgehead atoms. The van der Waals surface area contributed by atoms with Gasteiger partial charge in [-0.1, -0.05) is 0 Å². The lowest BCUT2D eigenvalue weighted by molar-refractivity contribution is -0.130. The minimum absolute atomic E-state index is 0.137. The smallest absolute Gasteiger partial charge is 0.252 e. The number of amides is 2. The number of anilines is 1. The average Bonchev–Trinajstić information content (AvgIpc) is 2.99. The van der Waals surface area contributed by atoms with Crippen molar-refractivity contribution < 1.29 is 9.59 Å². The van der Waals surface area contributed by atoms with E-state index in [0.717, 1.165) is 38.1 Å². The molecule has 2 saturated heterocycles. The summed E-state index contributed by atoms with van der Waals surface area (Å²) < 4.78 is 0. The molecule has 3 heterocycles. The second kappa shape index (κ2) is 7.21. The zero-order chi connectivity index (χ0) is 16.2. The van der Waals surface area contributed by atoms with Gasteiger partial charge < -0.3 is 15.5 Å². The van der Waals surface area contributed by atoms with Crippen molar-refractivity contribution in [3.8, 4) is 0 Å². The van der Waals surface area contributed by atoms with Crippen molar-refractivity contribution in [1.82, 2.24) is 9.88 Å². The van der Waals surface area contributed by atoms with Crippen LogP contribution in [0.1, 0.15) is 29.6 Å². The minimum Gasteiger partial charge on any atom is -0.365 e. The lowest BCUT2D eigenvalue weighted by Gasteiger charge is -2.25. The highest BCUT2D eigenvalue weighted by atomic mass is 32.2. The van der Waals surface area contributed by atoms with Gasteiger partial charge in [-0.25, -0.2) is 4.98 Å². The van der Waals surface area contributed by atoms with Gasteiger partial charge in [-0.2, -0.15) is 0 Å². The summed E-state index contributed by atoms with van der Waals surface area (Å²) >= 11 is 1.78. The van der Waals surface area contributed by atoms with E-state index in [0.29, 0.717) is 24.5 Å². The zero-order valence-corrected chi connectivity index (χ0v) is 13.9. The van der Waals surface area contributed by atoms with Crippen molar-refractivity contribution >= 4 is 29.4 Å². The number of nitrogens with zero attached hydrogens (tertiary/aromatic N) is 3. The topological polar surface area (TPSA) is 79.5 Å². The molecule has 1 unspecified atom stereocenters. The summed E-state index contributed by atoms with van der Waals surface area (Å²) in [6.07, 6.45) is 4.68. The van der Waals surface area contributed by atoms with E-state index >= 15 is 0 Å². The fourth-order valence-electron chi connectivity index (χ4n) is 3.17. The van der Waals surface area contributed by atoms with E-state index in [-0.39, 0.29) is 11.2 Å². The molecule has 6 nitrogen and oxygen atoms in total. The first kappa shape index (κ1) is 16.1. The second-order valence-electron chi connectivity index (χ2n) is 5.91. The van der Waals surface area contributed by atoms with Gasteiger partial charge in [0.05, 0.1) is 10.8 Å². The Morgan fingerprint density at radius 3 is 2.83 bits per heavy atom. The van der Waals surface area contributed by atoms with Crippen molar-refractivity contribution in [1.29, 1.82) is 0 Å². The highest BCUT2D eigenvalue weighted by Crippen LogP contribution is 2.28. The Balaban J connectivity index is 1.69. The molecule has 1 aromatic heterocycles. The van der Waals surface area contributed by atoms with Crippen LogP contribution in [0.25, 0.3) is 0 Å². The van der Waals surface area contributed by atoms with Crippen LogP contribution in [0, 0.1) is 0 Å². The van der Waals surface area contributed by atoms with Gasteiger partial charge in [-0.3, -0.25) is 9.59 Å². The van der Waals surface area contributed by atoms with E-state index in [1.807, 2.05) is 4.90 Å². The largest absolute Gasteiger partial charge is 0.365 e. The van der Waals surface area contributed by atoms with Crippen LogP contribution in [0.3, 0.4) is 0 Å². The Labute approximate surface area is 140 Å². The first-order valence-electron chi connectivity index (χ1n) is 8.07. The first-order chi connectivity index (χ1) is 11.2. The molecule has 124 valence electrons. The highest BCUT2D eigenvalue weighted by Gasteiger charge is 2.29. The van der Waals surface area contributed by atoms with E-state index in [4.69, 9.17) is 5.73 Å². The third-order valence-electron chi connectivity index (χ3n) is 4.36. The SMILES string of the molecule is NC(=O)c1cccnc1N1CCCN(C(=O)C2CCCS2)CC1. The van der Waals surface area contributed by atoms with Crippen molar-refractivity contribution in [2.24, 2.45) is 5.73 Å². The van der Waals surface area contributed by atoms with E-state index in [9.17, 15) is 9.59 Å². The van der Waals surface area contributed by atoms with Crippen molar-refractivity contribution in [3.63, 3.8) is 0 Å². The number of carbonyl (C=O) groups is 2. The lowest BCUT2D eigenvalue weighted by atomic mass is 10.2. The van der Waals surface area contributed by atoms with Gasteiger partial charge >= 0.3 is 0 Å². The lowest BCUT2D eigenvalue weighted by Crippen LogP contribution is -2.39. The van der Waals surface area contributed by atoms with Gasteiger partial charge in [0.15, 0.2) is 0 Å². The Morgan fingerprint density at radius 1 is 1.22 bits per heavy atom. The van der Waals surface area contributed by atoms with Crippen molar-refractivity contribution in [3.05, 3.63) is 23.9 Å². The number of hydrogen-bond donors (Lipinski definition) is 1. The first-order valence-corrected chi connectivity index (χ1v) is 9.12. The third kappa shape index (κ3) is 3.60. The quantitative estimate of drug-likeness (QED) is 0.896. The number of aromatic nitrogens is 1. The second-order valence-corrected chi connectivity index (χ2v) is 7.22. The van der Waals surface area contributed by atoms with Gasteiger partial charge in [-0.05, 0) is 37.1 Å². The van der Waals surface area contributed by atoms with E-state index in [1.165, 1.54) is 0 Å². The molecule has 1 aromatic rings. The van der Waals surface area contributed by atoms with Crippen molar-refractivity contribution in [2.45, 2.75) is 24.5 Å². The fourth-order valence-corrected chi connectivity index (χ4v) is 4.41. The maximum absolute atomic E-state index is 12.6. The van der Waals surface area contributed by atoms with Gasteiger partial charge in [0, 0.05) is 32.4 Å². The minimum atomic E-state index is -0.465. The molecule has 2 N–H and O–H groups in total. The predicted molar refractivity (Wildman–Crippen MR) is 91.6 cm³/mol. The van der Waals surface area contributed by atoms with Crippen molar-refractivity contribution in [2.75, 3.05) is 36.8 Å². The van der Waals surface area contributed by atoms with E-state index in [1.54, 1.807) is 30.1 Å². The molecule has 0 aromatic carbocycles.